The first kappa shape index (κ1) is 15.7. The van der Waals surface area contributed by atoms with Gasteiger partial charge in [-0.1, -0.05) is 12.1 Å². The van der Waals surface area contributed by atoms with Crippen LogP contribution in [-0.2, 0) is 4.79 Å². The Balaban J connectivity index is 1.77. The van der Waals surface area contributed by atoms with E-state index in [1.807, 2.05) is 6.07 Å². The molecule has 2 aromatic rings. The van der Waals surface area contributed by atoms with Gasteiger partial charge in [-0.3, -0.25) is 9.59 Å². The number of carbonyl (C=O) groups is 2. The number of hydrogen-bond donors (Lipinski definition) is 1. The Morgan fingerprint density at radius 2 is 1.91 bits per heavy atom. The Morgan fingerprint density at radius 1 is 1.22 bits per heavy atom. The molecule has 1 aliphatic heterocycles. The topological polar surface area (TPSA) is 57.6 Å². The Bertz CT molecular complexity index is 755. The lowest BCUT2D eigenvalue weighted by atomic mass is 9.90. The number of carbonyl (C=O) groups excluding carboxylic acids is 1. The minimum Gasteiger partial charge on any atom is -0.481 e. The van der Waals surface area contributed by atoms with Gasteiger partial charge in [-0.25, -0.2) is 4.39 Å². The predicted molar refractivity (Wildman–Crippen MR) is 86.0 cm³/mol. The van der Waals surface area contributed by atoms with Crippen molar-refractivity contribution in [2.24, 2.45) is 5.41 Å². The quantitative estimate of drug-likeness (QED) is 0.935. The number of amides is 1. The maximum absolute atomic E-state index is 13.0. The lowest BCUT2D eigenvalue weighted by Gasteiger charge is -2.19. The summed E-state index contributed by atoms with van der Waals surface area (Å²) in [6.45, 7) is 2.34. The summed E-state index contributed by atoms with van der Waals surface area (Å²) >= 11 is 1.33. The van der Waals surface area contributed by atoms with E-state index >= 15 is 0 Å². The molecule has 1 unspecified atom stereocenters. The minimum absolute atomic E-state index is 0.145. The second-order valence-corrected chi connectivity index (χ2v) is 7.10. The van der Waals surface area contributed by atoms with E-state index in [1.165, 1.54) is 23.5 Å². The highest BCUT2D eigenvalue weighted by Gasteiger charge is 2.42. The van der Waals surface area contributed by atoms with Crippen molar-refractivity contribution in [2.45, 2.75) is 13.3 Å². The van der Waals surface area contributed by atoms with Crippen LogP contribution in [-0.4, -0.2) is 35.0 Å². The van der Waals surface area contributed by atoms with Crippen LogP contribution in [0.5, 0.6) is 0 Å². The second kappa shape index (κ2) is 5.77. The third-order valence-electron chi connectivity index (χ3n) is 4.22. The molecule has 0 radical (unpaired) electrons. The van der Waals surface area contributed by atoms with Gasteiger partial charge in [0.05, 0.1) is 10.3 Å². The average molecular weight is 333 g/mol. The molecule has 1 aromatic heterocycles. The van der Waals surface area contributed by atoms with Crippen molar-refractivity contribution in [1.29, 1.82) is 0 Å². The summed E-state index contributed by atoms with van der Waals surface area (Å²) in [5, 5.41) is 9.25. The number of rotatable bonds is 3. The molecule has 1 N–H and O–H groups in total. The Kier molecular flexibility index (Phi) is 3.93. The lowest BCUT2D eigenvalue weighted by Crippen LogP contribution is -2.34. The normalized spacial score (nSPS) is 20.7. The molecular formula is C17H16FNO3S. The molecule has 1 atom stereocenters. The SMILES string of the molecule is CC1(C(=O)O)CCN(C(=O)c2ccc(-c3ccc(F)cc3)s2)C1. The number of carboxylic acids is 1. The molecule has 1 aromatic carbocycles. The largest absolute Gasteiger partial charge is 0.481 e. The molecule has 23 heavy (non-hydrogen) atoms. The van der Waals surface area contributed by atoms with Crippen LogP contribution < -0.4 is 0 Å². The number of carboxylic acid groups (broad SMARTS) is 1. The number of likely N-dealkylation sites (tertiary alicyclic amines) is 1. The molecule has 3 rings (SSSR count). The first-order valence-corrected chi connectivity index (χ1v) is 8.09. The number of halogens is 1. The van der Waals surface area contributed by atoms with Crippen LogP contribution in [0.25, 0.3) is 10.4 Å². The third kappa shape index (κ3) is 2.99. The Morgan fingerprint density at radius 3 is 2.52 bits per heavy atom. The number of nitrogens with zero attached hydrogens (tertiary/aromatic N) is 1. The third-order valence-corrected chi connectivity index (χ3v) is 5.34. The molecule has 1 saturated heterocycles. The van der Waals surface area contributed by atoms with E-state index in [1.54, 1.807) is 30.0 Å². The van der Waals surface area contributed by atoms with E-state index in [2.05, 4.69) is 0 Å². The molecule has 2 heterocycles. The van der Waals surface area contributed by atoms with Crippen molar-refractivity contribution < 1.29 is 19.1 Å². The van der Waals surface area contributed by atoms with Gasteiger partial charge in [0.15, 0.2) is 0 Å². The fraction of sp³-hybridized carbons (Fsp3) is 0.294. The van der Waals surface area contributed by atoms with Crippen LogP contribution in [0, 0.1) is 11.2 Å². The molecule has 0 saturated carbocycles. The van der Waals surface area contributed by atoms with Crippen molar-refractivity contribution >= 4 is 23.2 Å². The molecule has 0 aliphatic carbocycles. The molecule has 0 spiro atoms. The van der Waals surface area contributed by atoms with Crippen molar-refractivity contribution in [3.63, 3.8) is 0 Å². The molecule has 6 heteroatoms. The van der Waals surface area contributed by atoms with E-state index < -0.39 is 11.4 Å². The zero-order valence-corrected chi connectivity index (χ0v) is 13.4. The summed E-state index contributed by atoms with van der Waals surface area (Å²) in [6, 6.07) is 9.68. The molecule has 120 valence electrons. The lowest BCUT2D eigenvalue weighted by molar-refractivity contribution is -0.147. The molecule has 1 aliphatic rings. The standard InChI is InChI=1S/C17H16FNO3S/c1-17(16(21)22)8-9-19(10-17)15(20)14-7-6-13(23-14)11-2-4-12(18)5-3-11/h2-7H,8-10H2,1H3,(H,21,22). The van der Waals surface area contributed by atoms with Crippen molar-refractivity contribution in [2.75, 3.05) is 13.1 Å². The molecular weight excluding hydrogens is 317 g/mol. The monoisotopic (exact) mass is 333 g/mol. The molecule has 0 bridgehead atoms. The van der Waals surface area contributed by atoms with Gasteiger partial charge in [-0.2, -0.15) is 0 Å². The van der Waals surface area contributed by atoms with Crippen LogP contribution in [0.1, 0.15) is 23.0 Å². The number of hydrogen-bond acceptors (Lipinski definition) is 3. The van der Waals surface area contributed by atoms with Crippen molar-refractivity contribution in [3.8, 4) is 10.4 Å². The zero-order valence-electron chi connectivity index (χ0n) is 12.6. The van der Waals surface area contributed by atoms with Gasteiger partial charge >= 0.3 is 5.97 Å². The summed E-state index contributed by atoms with van der Waals surface area (Å²) in [7, 11) is 0. The van der Waals surface area contributed by atoms with Crippen LogP contribution >= 0.6 is 11.3 Å². The maximum Gasteiger partial charge on any atom is 0.311 e. The Labute approximate surface area is 137 Å². The molecule has 4 nitrogen and oxygen atoms in total. The van der Waals surface area contributed by atoms with Crippen LogP contribution in [0.2, 0.25) is 0 Å². The fourth-order valence-electron chi connectivity index (χ4n) is 2.69. The van der Waals surface area contributed by atoms with Crippen LogP contribution in [0.3, 0.4) is 0 Å². The van der Waals surface area contributed by atoms with Gasteiger partial charge in [0.1, 0.15) is 5.82 Å². The first-order chi connectivity index (χ1) is 10.9. The summed E-state index contributed by atoms with van der Waals surface area (Å²) in [6.07, 6.45) is 0.463. The van der Waals surface area contributed by atoms with Crippen LogP contribution in [0.4, 0.5) is 4.39 Å². The van der Waals surface area contributed by atoms with Gasteiger partial charge < -0.3 is 10.0 Å². The van der Waals surface area contributed by atoms with E-state index in [4.69, 9.17) is 0 Å². The second-order valence-electron chi connectivity index (χ2n) is 6.01. The first-order valence-electron chi connectivity index (χ1n) is 7.27. The van der Waals surface area contributed by atoms with Gasteiger partial charge in [-0.05, 0) is 43.2 Å². The minimum atomic E-state index is -0.869. The fourth-order valence-corrected chi connectivity index (χ4v) is 3.67. The Hall–Kier alpha value is -2.21. The van der Waals surface area contributed by atoms with E-state index in [0.29, 0.717) is 17.8 Å². The molecule has 1 fully saturated rings. The van der Waals surface area contributed by atoms with E-state index in [-0.39, 0.29) is 18.3 Å². The zero-order chi connectivity index (χ0) is 16.6. The summed E-state index contributed by atoms with van der Waals surface area (Å²) in [5.41, 5.74) is -0.0144. The van der Waals surface area contributed by atoms with Gasteiger partial charge in [0, 0.05) is 18.0 Å². The van der Waals surface area contributed by atoms with Crippen LogP contribution in [0.15, 0.2) is 36.4 Å². The number of thiophene rings is 1. The number of aliphatic carboxylic acids is 1. The highest BCUT2D eigenvalue weighted by molar-refractivity contribution is 7.17. The summed E-state index contributed by atoms with van der Waals surface area (Å²) < 4.78 is 13.0. The van der Waals surface area contributed by atoms with Crippen molar-refractivity contribution in [3.05, 3.63) is 47.1 Å². The van der Waals surface area contributed by atoms with Gasteiger partial charge in [-0.15, -0.1) is 11.3 Å². The number of benzene rings is 1. The molecule has 1 amide bonds. The summed E-state index contributed by atoms with van der Waals surface area (Å²) in [5.74, 6) is -1.31. The van der Waals surface area contributed by atoms with Crippen molar-refractivity contribution in [1.82, 2.24) is 4.90 Å². The predicted octanol–water partition coefficient (Wildman–Crippen LogP) is 3.49. The van der Waals surface area contributed by atoms with E-state index in [0.717, 1.165) is 10.4 Å². The van der Waals surface area contributed by atoms with Gasteiger partial charge in [0.2, 0.25) is 0 Å². The van der Waals surface area contributed by atoms with E-state index in [9.17, 15) is 19.1 Å². The average Bonchev–Trinajstić information content (AvgIpc) is 3.15. The highest BCUT2D eigenvalue weighted by atomic mass is 32.1. The smallest absolute Gasteiger partial charge is 0.311 e. The highest BCUT2D eigenvalue weighted by Crippen LogP contribution is 2.33. The van der Waals surface area contributed by atoms with Gasteiger partial charge in [0.25, 0.3) is 5.91 Å². The summed E-state index contributed by atoms with van der Waals surface area (Å²) in [4.78, 5) is 26.9. The maximum atomic E-state index is 13.0.